The maximum atomic E-state index is 11.5. The predicted octanol–water partition coefficient (Wildman–Crippen LogP) is 1.80. The summed E-state index contributed by atoms with van der Waals surface area (Å²) in [6.45, 7) is 1.90. The summed E-state index contributed by atoms with van der Waals surface area (Å²) in [5.74, 6) is 0.274. The summed E-state index contributed by atoms with van der Waals surface area (Å²) in [5, 5.41) is 2.95. The van der Waals surface area contributed by atoms with E-state index in [-0.39, 0.29) is 11.8 Å². The van der Waals surface area contributed by atoms with Gasteiger partial charge in [0.05, 0.1) is 6.04 Å². The van der Waals surface area contributed by atoms with Crippen molar-refractivity contribution in [2.75, 3.05) is 7.05 Å². The molecule has 2 nitrogen and oxygen atoms in total. The number of Topliss-reactive ketones (excluding diaryl/α,β-unsaturated/α-hetero) is 1. The molecule has 0 saturated heterocycles. The van der Waals surface area contributed by atoms with Gasteiger partial charge < -0.3 is 5.32 Å². The molecule has 1 atom stereocenters. The van der Waals surface area contributed by atoms with Crippen LogP contribution in [-0.4, -0.2) is 18.9 Å². The van der Waals surface area contributed by atoms with Crippen molar-refractivity contribution in [3.05, 3.63) is 35.9 Å². The zero-order valence-electron chi connectivity index (χ0n) is 8.79. The van der Waals surface area contributed by atoms with E-state index in [1.54, 1.807) is 0 Å². The summed E-state index contributed by atoms with van der Waals surface area (Å²) in [5.41, 5.74) is 1.23. The number of ketones is 1. The fourth-order valence-corrected chi connectivity index (χ4v) is 1.29. The quantitative estimate of drug-likeness (QED) is 0.769. The molecule has 1 aromatic carbocycles. The lowest BCUT2D eigenvalue weighted by Crippen LogP contribution is -2.30. The highest BCUT2D eigenvalue weighted by Crippen LogP contribution is 2.03. The second-order valence-corrected chi connectivity index (χ2v) is 3.46. The molecule has 1 N–H and O–H groups in total. The molecule has 0 aromatic heterocycles. The third-order valence-corrected chi connectivity index (χ3v) is 2.42. The van der Waals surface area contributed by atoms with Gasteiger partial charge >= 0.3 is 0 Å². The predicted molar refractivity (Wildman–Crippen MR) is 58.3 cm³/mol. The average Bonchev–Trinajstić information content (AvgIpc) is 2.26. The van der Waals surface area contributed by atoms with E-state index in [2.05, 4.69) is 17.4 Å². The van der Waals surface area contributed by atoms with Crippen LogP contribution in [0.2, 0.25) is 0 Å². The van der Waals surface area contributed by atoms with E-state index < -0.39 is 0 Å². The first-order valence-corrected chi connectivity index (χ1v) is 4.98. The van der Waals surface area contributed by atoms with E-state index in [4.69, 9.17) is 0 Å². The van der Waals surface area contributed by atoms with E-state index in [0.29, 0.717) is 6.42 Å². The van der Waals surface area contributed by atoms with Crippen LogP contribution in [0.4, 0.5) is 0 Å². The molecule has 0 bridgehead atoms. The Hall–Kier alpha value is -1.15. The smallest absolute Gasteiger partial charge is 0.149 e. The molecule has 14 heavy (non-hydrogen) atoms. The van der Waals surface area contributed by atoms with Gasteiger partial charge in [0.15, 0.2) is 0 Å². The first-order valence-electron chi connectivity index (χ1n) is 4.98. The number of carbonyl (C=O) groups is 1. The number of hydrogen-bond donors (Lipinski definition) is 1. The van der Waals surface area contributed by atoms with Gasteiger partial charge in [-0.2, -0.15) is 0 Å². The van der Waals surface area contributed by atoms with Gasteiger partial charge in [0.2, 0.25) is 0 Å². The largest absolute Gasteiger partial charge is 0.311 e. The van der Waals surface area contributed by atoms with Crippen molar-refractivity contribution in [2.24, 2.45) is 0 Å². The summed E-state index contributed by atoms with van der Waals surface area (Å²) >= 11 is 0. The van der Waals surface area contributed by atoms with E-state index in [1.807, 2.05) is 32.2 Å². The fourth-order valence-electron chi connectivity index (χ4n) is 1.29. The van der Waals surface area contributed by atoms with Crippen LogP contribution in [0.25, 0.3) is 0 Å². The highest BCUT2D eigenvalue weighted by Gasteiger charge is 2.09. The Kier molecular flexibility index (Phi) is 4.33. The Labute approximate surface area is 85.3 Å². The van der Waals surface area contributed by atoms with E-state index >= 15 is 0 Å². The van der Waals surface area contributed by atoms with Crippen LogP contribution in [0.1, 0.15) is 18.9 Å². The molecule has 1 rings (SSSR count). The molecule has 0 fully saturated rings. The van der Waals surface area contributed by atoms with E-state index in [1.165, 1.54) is 5.56 Å². The molecule has 1 unspecified atom stereocenters. The van der Waals surface area contributed by atoms with Crippen molar-refractivity contribution in [1.82, 2.24) is 5.32 Å². The lowest BCUT2D eigenvalue weighted by atomic mass is 10.0. The molecule has 2 heteroatoms. The van der Waals surface area contributed by atoms with Gasteiger partial charge in [0, 0.05) is 6.42 Å². The molecule has 0 aliphatic rings. The maximum Gasteiger partial charge on any atom is 0.149 e. The highest BCUT2D eigenvalue weighted by atomic mass is 16.1. The molecule has 0 aliphatic carbocycles. The lowest BCUT2D eigenvalue weighted by molar-refractivity contribution is -0.120. The van der Waals surface area contributed by atoms with Crippen LogP contribution < -0.4 is 5.32 Å². The van der Waals surface area contributed by atoms with Crippen molar-refractivity contribution in [1.29, 1.82) is 0 Å². The molecule has 1 aromatic rings. The second-order valence-electron chi connectivity index (χ2n) is 3.46. The second kappa shape index (κ2) is 5.55. The van der Waals surface area contributed by atoms with Crippen molar-refractivity contribution < 1.29 is 4.79 Å². The first kappa shape index (κ1) is 10.9. The Morgan fingerprint density at radius 2 is 2.00 bits per heavy atom. The molecular formula is C12H17NO. The number of likely N-dealkylation sites (N-methyl/N-ethyl adjacent to an activating group) is 1. The zero-order chi connectivity index (χ0) is 10.4. The van der Waals surface area contributed by atoms with Gasteiger partial charge in [-0.1, -0.05) is 30.3 Å². The van der Waals surface area contributed by atoms with Gasteiger partial charge in [-0.15, -0.1) is 0 Å². The topological polar surface area (TPSA) is 29.1 Å². The van der Waals surface area contributed by atoms with Crippen LogP contribution in [0.3, 0.4) is 0 Å². The number of rotatable bonds is 5. The van der Waals surface area contributed by atoms with Crippen molar-refractivity contribution in [3.8, 4) is 0 Å². The van der Waals surface area contributed by atoms with Crippen LogP contribution in [0, 0.1) is 0 Å². The minimum Gasteiger partial charge on any atom is -0.311 e. The van der Waals surface area contributed by atoms with Crippen molar-refractivity contribution >= 4 is 5.78 Å². The third kappa shape index (κ3) is 3.30. The molecule has 0 spiro atoms. The number of hydrogen-bond acceptors (Lipinski definition) is 2. The van der Waals surface area contributed by atoms with Gasteiger partial charge in [-0.25, -0.2) is 0 Å². The normalized spacial score (nSPS) is 12.4. The molecule has 0 amide bonds. The third-order valence-electron chi connectivity index (χ3n) is 2.42. The summed E-state index contributed by atoms with van der Waals surface area (Å²) in [4.78, 5) is 11.5. The Morgan fingerprint density at radius 1 is 1.36 bits per heavy atom. The summed E-state index contributed by atoms with van der Waals surface area (Å²) in [6, 6.07) is 10.1. The molecule has 0 heterocycles. The Bertz CT molecular complexity index is 282. The summed E-state index contributed by atoms with van der Waals surface area (Å²) in [6.07, 6.45) is 1.46. The number of aryl methyl sites for hydroxylation is 1. The maximum absolute atomic E-state index is 11.5. The van der Waals surface area contributed by atoms with Crippen LogP contribution in [0.5, 0.6) is 0 Å². The highest BCUT2D eigenvalue weighted by molar-refractivity contribution is 5.83. The van der Waals surface area contributed by atoms with Crippen molar-refractivity contribution in [2.45, 2.75) is 25.8 Å². The van der Waals surface area contributed by atoms with Gasteiger partial charge in [0.25, 0.3) is 0 Å². The minimum atomic E-state index is -0.0290. The number of benzene rings is 1. The number of carbonyl (C=O) groups excluding carboxylic acids is 1. The molecular weight excluding hydrogens is 174 g/mol. The standard InChI is InChI=1S/C12H17NO/c1-10(13-2)12(14)9-8-11-6-4-3-5-7-11/h3-7,10,13H,8-9H2,1-2H3. The van der Waals surface area contributed by atoms with Crippen LogP contribution in [-0.2, 0) is 11.2 Å². The molecule has 0 radical (unpaired) electrons. The average molecular weight is 191 g/mol. The monoisotopic (exact) mass is 191 g/mol. The fraction of sp³-hybridized carbons (Fsp3) is 0.417. The summed E-state index contributed by atoms with van der Waals surface area (Å²) < 4.78 is 0. The van der Waals surface area contributed by atoms with E-state index in [0.717, 1.165) is 6.42 Å². The van der Waals surface area contributed by atoms with E-state index in [9.17, 15) is 4.79 Å². The molecule has 0 aliphatic heterocycles. The summed E-state index contributed by atoms with van der Waals surface area (Å²) in [7, 11) is 1.81. The lowest BCUT2D eigenvalue weighted by Gasteiger charge is -2.08. The van der Waals surface area contributed by atoms with Crippen molar-refractivity contribution in [3.63, 3.8) is 0 Å². The van der Waals surface area contributed by atoms with Gasteiger partial charge in [0.1, 0.15) is 5.78 Å². The number of nitrogens with one attached hydrogen (secondary N) is 1. The van der Waals surface area contributed by atoms with Gasteiger partial charge in [-0.05, 0) is 26.0 Å². The minimum absolute atomic E-state index is 0.0290. The van der Waals surface area contributed by atoms with Gasteiger partial charge in [-0.3, -0.25) is 4.79 Å². The molecule has 76 valence electrons. The van der Waals surface area contributed by atoms with Crippen LogP contribution >= 0.6 is 0 Å². The SMILES string of the molecule is CNC(C)C(=O)CCc1ccccc1. The van der Waals surface area contributed by atoms with Crippen LogP contribution in [0.15, 0.2) is 30.3 Å². The Balaban J connectivity index is 2.38. The molecule has 0 saturated carbocycles. The first-order chi connectivity index (χ1) is 6.74. The zero-order valence-corrected chi connectivity index (χ0v) is 8.79. The Morgan fingerprint density at radius 3 is 2.57 bits per heavy atom.